The number of hydrogen-bond acceptors (Lipinski definition) is 3. The quantitative estimate of drug-likeness (QED) is 0.771. The topological polar surface area (TPSA) is 29.5 Å². The first-order valence-electron chi connectivity index (χ1n) is 8.65. The molecule has 3 nitrogen and oxygen atoms in total. The van der Waals surface area contributed by atoms with E-state index in [4.69, 9.17) is 4.74 Å². The number of aryl methyl sites for hydroxylation is 2. The predicted octanol–water partition coefficient (Wildman–Crippen LogP) is 5.04. The van der Waals surface area contributed by atoms with E-state index in [-0.39, 0.29) is 5.78 Å². The molecule has 1 saturated heterocycles. The van der Waals surface area contributed by atoms with E-state index in [1.807, 2.05) is 18.2 Å². The summed E-state index contributed by atoms with van der Waals surface area (Å²) in [6.45, 7) is 6.83. The number of ether oxygens (including phenoxy) is 1. The minimum atomic E-state index is 0.266. The number of anilines is 1. The van der Waals surface area contributed by atoms with E-state index >= 15 is 0 Å². The molecule has 0 amide bonds. The summed E-state index contributed by atoms with van der Waals surface area (Å²) in [6.07, 6.45) is 2.89. The van der Waals surface area contributed by atoms with Crippen LogP contribution in [0.25, 0.3) is 0 Å². The first-order valence-corrected chi connectivity index (χ1v) is 8.65. The average Bonchev–Trinajstić information content (AvgIpc) is 2.99. The Morgan fingerprint density at radius 1 is 1.12 bits per heavy atom. The highest BCUT2D eigenvalue weighted by molar-refractivity contribution is 5.77. The summed E-state index contributed by atoms with van der Waals surface area (Å²) in [5, 5.41) is 0. The van der Waals surface area contributed by atoms with Gasteiger partial charge in [-0.05, 0) is 69.0 Å². The highest BCUT2D eigenvalue weighted by Crippen LogP contribution is 2.32. The van der Waals surface area contributed by atoms with Crippen molar-refractivity contribution in [2.24, 2.45) is 0 Å². The van der Waals surface area contributed by atoms with Crippen molar-refractivity contribution in [2.45, 2.75) is 46.1 Å². The lowest BCUT2D eigenvalue weighted by atomic mass is 10.1. The SMILES string of the molecule is CC(=O)CC1CCCN1c1ccc(Oc2c(C)cccc2C)cc1. The van der Waals surface area contributed by atoms with E-state index in [9.17, 15) is 4.79 Å². The van der Waals surface area contributed by atoms with Crippen LogP contribution >= 0.6 is 0 Å². The molecule has 24 heavy (non-hydrogen) atoms. The van der Waals surface area contributed by atoms with Gasteiger partial charge in [0.15, 0.2) is 0 Å². The number of Topliss-reactive ketones (excluding diaryl/α,β-unsaturated/α-hetero) is 1. The second-order valence-electron chi connectivity index (χ2n) is 6.71. The van der Waals surface area contributed by atoms with Crippen molar-refractivity contribution in [1.29, 1.82) is 0 Å². The number of benzene rings is 2. The van der Waals surface area contributed by atoms with E-state index in [1.54, 1.807) is 6.92 Å². The van der Waals surface area contributed by atoms with Gasteiger partial charge in [-0.1, -0.05) is 18.2 Å². The van der Waals surface area contributed by atoms with Crippen molar-refractivity contribution in [3.63, 3.8) is 0 Å². The lowest BCUT2D eigenvalue weighted by molar-refractivity contribution is -0.117. The molecule has 0 aromatic heterocycles. The van der Waals surface area contributed by atoms with Crippen LogP contribution in [0.2, 0.25) is 0 Å². The zero-order valence-corrected chi connectivity index (χ0v) is 14.7. The Kier molecular flexibility index (Phi) is 4.89. The second-order valence-corrected chi connectivity index (χ2v) is 6.71. The molecule has 1 atom stereocenters. The van der Waals surface area contributed by atoms with Crippen LogP contribution in [0.15, 0.2) is 42.5 Å². The van der Waals surface area contributed by atoms with Gasteiger partial charge < -0.3 is 9.64 Å². The molecule has 2 aromatic carbocycles. The fraction of sp³-hybridized carbons (Fsp3) is 0.381. The Morgan fingerprint density at radius 3 is 2.42 bits per heavy atom. The molecule has 1 fully saturated rings. The molecule has 0 aliphatic carbocycles. The minimum Gasteiger partial charge on any atom is -0.457 e. The summed E-state index contributed by atoms with van der Waals surface area (Å²) in [4.78, 5) is 13.8. The molecule has 0 radical (unpaired) electrons. The van der Waals surface area contributed by atoms with Crippen LogP contribution in [0.4, 0.5) is 5.69 Å². The van der Waals surface area contributed by atoms with E-state index in [0.717, 1.165) is 42.0 Å². The molecular formula is C21H25NO2. The zero-order valence-electron chi connectivity index (χ0n) is 14.7. The Hall–Kier alpha value is -2.29. The van der Waals surface area contributed by atoms with Crippen molar-refractivity contribution < 1.29 is 9.53 Å². The number of ketones is 1. The second kappa shape index (κ2) is 7.08. The van der Waals surface area contributed by atoms with Crippen molar-refractivity contribution in [3.8, 4) is 11.5 Å². The van der Waals surface area contributed by atoms with Crippen LogP contribution in [0.3, 0.4) is 0 Å². The number of para-hydroxylation sites is 1. The minimum absolute atomic E-state index is 0.266. The van der Waals surface area contributed by atoms with E-state index in [1.165, 1.54) is 5.69 Å². The summed E-state index contributed by atoms with van der Waals surface area (Å²) < 4.78 is 6.08. The van der Waals surface area contributed by atoms with Crippen LogP contribution in [0.1, 0.15) is 37.3 Å². The fourth-order valence-electron chi connectivity index (χ4n) is 3.50. The third-order valence-corrected chi connectivity index (χ3v) is 4.70. The summed E-state index contributed by atoms with van der Waals surface area (Å²) in [5.41, 5.74) is 3.45. The fourth-order valence-corrected chi connectivity index (χ4v) is 3.50. The Bertz CT molecular complexity index is 701. The maximum absolute atomic E-state index is 11.5. The van der Waals surface area contributed by atoms with Crippen molar-refractivity contribution in [2.75, 3.05) is 11.4 Å². The zero-order chi connectivity index (χ0) is 17.1. The highest BCUT2D eigenvalue weighted by Gasteiger charge is 2.25. The summed E-state index contributed by atoms with van der Waals surface area (Å²) in [7, 11) is 0. The van der Waals surface area contributed by atoms with Crippen LogP contribution in [0, 0.1) is 13.8 Å². The maximum atomic E-state index is 11.5. The Balaban J connectivity index is 1.75. The standard InChI is InChI=1S/C21H25NO2/c1-15-6-4-7-16(2)21(15)24-20-11-9-18(10-12-20)22-13-5-8-19(22)14-17(3)23/h4,6-7,9-12,19H,5,8,13-14H2,1-3H3. The van der Waals surface area contributed by atoms with Gasteiger partial charge in [0.2, 0.25) is 0 Å². The van der Waals surface area contributed by atoms with Gasteiger partial charge in [0.1, 0.15) is 17.3 Å². The van der Waals surface area contributed by atoms with E-state index in [0.29, 0.717) is 12.5 Å². The van der Waals surface area contributed by atoms with Gasteiger partial charge in [-0.25, -0.2) is 0 Å². The first-order chi connectivity index (χ1) is 11.5. The van der Waals surface area contributed by atoms with Crippen LogP contribution in [-0.4, -0.2) is 18.4 Å². The molecule has 3 rings (SSSR count). The number of nitrogens with zero attached hydrogens (tertiary/aromatic N) is 1. The summed E-state index contributed by atoms with van der Waals surface area (Å²) >= 11 is 0. The Labute approximate surface area is 144 Å². The third-order valence-electron chi connectivity index (χ3n) is 4.70. The summed E-state index contributed by atoms with van der Waals surface area (Å²) in [5.74, 6) is 2.04. The number of carbonyl (C=O) groups is 1. The highest BCUT2D eigenvalue weighted by atomic mass is 16.5. The third kappa shape index (κ3) is 3.61. The number of carbonyl (C=O) groups excluding carboxylic acids is 1. The molecule has 126 valence electrons. The van der Waals surface area contributed by atoms with Crippen LogP contribution in [-0.2, 0) is 4.79 Å². The van der Waals surface area contributed by atoms with Gasteiger partial charge in [0.05, 0.1) is 0 Å². The largest absolute Gasteiger partial charge is 0.457 e. The van der Waals surface area contributed by atoms with Gasteiger partial charge in [-0.2, -0.15) is 0 Å². The molecular weight excluding hydrogens is 298 g/mol. The van der Waals surface area contributed by atoms with Crippen molar-refractivity contribution in [1.82, 2.24) is 0 Å². The maximum Gasteiger partial charge on any atom is 0.133 e. The van der Waals surface area contributed by atoms with Crippen LogP contribution in [0.5, 0.6) is 11.5 Å². The first kappa shape index (κ1) is 16.6. The van der Waals surface area contributed by atoms with E-state index < -0.39 is 0 Å². The van der Waals surface area contributed by atoms with Crippen LogP contribution < -0.4 is 9.64 Å². The molecule has 3 heteroatoms. The van der Waals surface area contributed by atoms with Crippen molar-refractivity contribution >= 4 is 11.5 Å². The van der Waals surface area contributed by atoms with Gasteiger partial charge in [0.25, 0.3) is 0 Å². The molecule has 2 aromatic rings. The molecule has 0 bridgehead atoms. The van der Waals surface area contributed by atoms with Gasteiger partial charge >= 0.3 is 0 Å². The van der Waals surface area contributed by atoms with E-state index in [2.05, 4.69) is 43.0 Å². The number of hydrogen-bond donors (Lipinski definition) is 0. The molecule has 1 heterocycles. The van der Waals surface area contributed by atoms with Gasteiger partial charge in [-0.15, -0.1) is 0 Å². The lowest BCUT2D eigenvalue weighted by Crippen LogP contribution is -2.30. The van der Waals surface area contributed by atoms with Crippen molar-refractivity contribution in [3.05, 3.63) is 53.6 Å². The molecule has 0 saturated carbocycles. The monoisotopic (exact) mass is 323 g/mol. The molecule has 0 spiro atoms. The summed E-state index contributed by atoms with van der Waals surface area (Å²) in [6, 6.07) is 14.7. The smallest absolute Gasteiger partial charge is 0.133 e. The average molecular weight is 323 g/mol. The van der Waals surface area contributed by atoms with Gasteiger partial charge in [-0.3, -0.25) is 4.79 Å². The Morgan fingerprint density at radius 2 is 1.79 bits per heavy atom. The number of rotatable bonds is 5. The molecule has 1 unspecified atom stereocenters. The predicted molar refractivity (Wildman–Crippen MR) is 98.1 cm³/mol. The van der Waals surface area contributed by atoms with Gasteiger partial charge in [0, 0.05) is 24.7 Å². The lowest BCUT2D eigenvalue weighted by Gasteiger charge is -2.26. The molecule has 0 N–H and O–H groups in total. The molecule has 1 aliphatic rings. The molecule has 1 aliphatic heterocycles. The normalized spacial score (nSPS) is 17.1.